The number of nitrogens with zero attached hydrogens (tertiary/aromatic N) is 1. The zero-order chi connectivity index (χ0) is 14.5. The summed E-state index contributed by atoms with van der Waals surface area (Å²) in [6.07, 6.45) is 4.26. The van der Waals surface area contributed by atoms with Gasteiger partial charge in [0.05, 0.1) is 5.69 Å². The summed E-state index contributed by atoms with van der Waals surface area (Å²) in [5.74, 6) is -1.21. The van der Waals surface area contributed by atoms with E-state index in [4.69, 9.17) is 5.11 Å². The molecule has 5 nitrogen and oxygen atoms in total. The van der Waals surface area contributed by atoms with Crippen LogP contribution in [0.4, 0.5) is 5.69 Å². The molecule has 0 unspecified atom stereocenters. The molecule has 2 aromatic heterocycles. The maximum absolute atomic E-state index is 11.9. The van der Waals surface area contributed by atoms with E-state index in [-0.39, 0.29) is 10.8 Å². The van der Waals surface area contributed by atoms with Gasteiger partial charge in [-0.1, -0.05) is 0 Å². The molecule has 0 saturated carbocycles. The number of aromatic carboxylic acids is 1. The van der Waals surface area contributed by atoms with Crippen LogP contribution in [0.25, 0.3) is 0 Å². The maximum Gasteiger partial charge on any atom is 0.348 e. The van der Waals surface area contributed by atoms with Crippen LogP contribution in [0.5, 0.6) is 0 Å². The lowest BCUT2D eigenvalue weighted by atomic mass is 10.1. The lowest BCUT2D eigenvalue weighted by molar-refractivity contribution is -0.116. The van der Waals surface area contributed by atoms with Crippen LogP contribution in [0.15, 0.2) is 29.9 Å². The summed E-state index contributed by atoms with van der Waals surface area (Å²) in [6.45, 7) is 1.78. The second kappa shape index (κ2) is 6.29. The topological polar surface area (TPSA) is 79.3 Å². The predicted molar refractivity (Wildman–Crippen MR) is 77.2 cm³/mol. The Balaban J connectivity index is 1.98. The zero-order valence-electron chi connectivity index (χ0n) is 10.9. The van der Waals surface area contributed by atoms with Crippen molar-refractivity contribution in [2.45, 2.75) is 19.8 Å². The van der Waals surface area contributed by atoms with Crippen molar-refractivity contribution in [3.63, 3.8) is 0 Å². The Hall–Kier alpha value is -2.21. The second-order valence-electron chi connectivity index (χ2n) is 4.33. The summed E-state index contributed by atoms with van der Waals surface area (Å²) >= 11 is 1.12. The van der Waals surface area contributed by atoms with Gasteiger partial charge in [-0.15, -0.1) is 11.3 Å². The summed E-state index contributed by atoms with van der Waals surface area (Å²) in [6, 6.07) is 3.71. The van der Waals surface area contributed by atoms with Crippen LogP contribution in [0, 0.1) is 6.92 Å². The molecule has 2 heterocycles. The number of amides is 1. The van der Waals surface area contributed by atoms with Crippen LogP contribution in [-0.4, -0.2) is 22.0 Å². The molecule has 2 aromatic rings. The van der Waals surface area contributed by atoms with Gasteiger partial charge in [0.1, 0.15) is 4.88 Å². The van der Waals surface area contributed by atoms with Crippen molar-refractivity contribution in [3.05, 3.63) is 45.9 Å². The van der Waals surface area contributed by atoms with E-state index in [1.807, 2.05) is 12.1 Å². The van der Waals surface area contributed by atoms with Gasteiger partial charge in [0, 0.05) is 18.8 Å². The van der Waals surface area contributed by atoms with Gasteiger partial charge in [0.25, 0.3) is 0 Å². The highest BCUT2D eigenvalue weighted by Crippen LogP contribution is 2.27. The zero-order valence-corrected chi connectivity index (χ0v) is 11.7. The van der Waals surface area contributed by atoms with Crippen molar-refractivity contribution < 1.29 is 14.7 Å². The average molecular weight is 290 g/mol. The minimum absolute atomic E-state index is 0.166. The Morgan fingerprint density at radius 2 is 2.05 bits per heavy atom. The van der Waals surface area contributed by atoms with Crippen molar-refractivity contribution in [1.29, 1.82) is 0 Å². The average Bonchev–Trinajstić information content (AvgIpc) is 2.79. The number of carboxylic acids is 1. The third-order valence-corrected chi connectivity index (χ3v) is 3.91. The fraction of sp³-hybridized carbons (Fsp3) is 0.214. The maximum atomic E-state index is 11.9. The molecule has 0 saturated heterocycles. The number of thiophene rings is 1. The number of carbonyl (C=O) groups is 2. The van der Waals surface area contributed by atoms with Crippen LogP contribution in [0.3, 0.4) is 0 Å². The fourth-order valence-corrected chi connectivity index (χ4v) is 2.61. The molecule has 0 bridgehead atoms. The van der Waals surface area contributed by atoms with E-state index in [9.17, 15) is 9.59 Å². The number of hydrogen-bond donors (Lipinski definition) is 2. The number of aromatic nitrogens is 1. The molecule has 104 valence electrons. The molecule has 0 atom stereocenters. The van der Waals surface area contributed by atoms with Gasteiger partial charge in [-0.3, -0.25) is 9.78 Å². The Bertz CT molecular complexity index is 623. The highest BCUT2D eigenvalue weighted by molar-refractivity contribution is 7.12. The van der Waals surface area contributed by atoms with Crippen molar-refractivity contribution >= 4 is 28.9 Å². The number of nitrogens with one attached hydrogen (secondary N) is 1. The van der Waals surface area contributed by atoms with Crippen LogP contribution < -0.4 is 5.32 Å². The first-order valence-electron chi connectivity index (χ1n) is 6.08. The van der Waals surface area contributed by atoms with Crippen LogP contribution in [0.1, 0.15) is 27.2 Å². The van der Waals surface area contributed by atoms with Gasteiger partial charge in [-0.2, -0.15) is 0 Å². The summed E-state index contributed by atoms with van der Waals surface area (Å²) in [5.41, 5.74) is 2.20. The van der Waals surface area contributed by atoms with Gasteiger partial charge in [-0.25, -0.2) is 4.79 Å². The number of rotatable bonds is 5. The van der Waals surface area contributed by atoms with Crippen molar-refractivity contribution in [2.75, 3.05) is 5.32 Å². The Morgan fingerprint density at radius 3 is 2.70 bits per heavy atom. The van der Waals surface area contributed by atoms with Crippen LogP contribution in [0.2, 0.25) is 0 Å². The number of pyridine rings is 1. The lowest BCUT2D eigenvalue weighted by Gasteiger charge is -2.06. The molecule has 0 radical (unpaired) electrons. The van der Waals surface area contributed by atoms with E-state index >= 15 is 0 Å². The molecule has 0 aliphatic rings. The van der Waals surface area contributed by atoms with Crippen molar-refractivity contribution in [2.24, 2.45) is 0 Å². The molecule has 20 heavy (non-hydrogen) atoms. The first-order chi connectivity index (χ1) is 9.58. The number of hydrogen-bond acceptors (Lipinski definition) is 4. The molecule has 1 amide bonds. The van der Waals surface area contributed by atoms with Gasteiger partial charge in [-0.05, 0) is 42.0 Å². The SMILES string of the molecule is Cc1csc(C(=O)O)c1NC(=O)CCc1ccncc1. The molecule has 2 N–H and O–H groups in total. The van der Waals surface area contributed by atoms with E-state index in [2.05, 4.69) is 10.3 Å². The quantitative estimate of drug-likeness (QED) is 0.887. The van der Waals surface area contributed by atoms with Gasteiger partial charge in [0.15, 0.2) is 0 Å². The van der Waals surface area contributed by atoms with E-state index in [0.29, 0.717) is 18.5 Å². The summed E-state index contributed by atoms with van der Waals surface area (Å²) in [4.78, 5) is 27.0. The minimum Gasteiger partial charge on any atom is -0.477 e. The first kappa shape index (κ1) is 14.2. The molecule has 2 rings (SSSR count). The molecule has 0 aliphatic heterocycles. The fourth-order valence-electron chi connectivity index (χ4n) is 1.77. The highest BCUT2D eigenvalue weighted by Gasteiger charge is 2.17. The molecule has 0 spiro atoms. The van der Waals surface area contributed by atoms with E-state index in [1.54, 1.807) is 24.7 Å². The second-order valence-corrected chi connectivity index (χ2v) is 5.21. The summed E-state index contributed by atoms with van der Waals surface area (Å²) < 4.78 is 0. The normalized spacial score (nSPS) is 10.2. The molecule has 0 aromatic carbocycles. The van der Waals surface area contributed by atoms with Gasteiger partial charge in [0.2, 0.25) is 5.91 Å². The minimum atomic E-state index is -1.02. The molecular weight excluding hydrogens is 276 g/mol. The predicted octanol–water partition coefficient (Wildman–Crippen LogP) is 2.72. The third-order valence-electron chi connectivity index (χ3n) is 2.82. The highest BCUT2D eigenvalue weighted by atomic mass is 32.1. The van der Waals surface area contributed by atoms with E-state index in [1.165, 1.54) is 0 Å². The molecule has 0 fully saturated rings. The largest absolute Gasteiger partial charge is 0.477 e. The van der Waals surface area contributed by atoms with E-state index in [0.717, 1.165) is 22.5 Å². The molecule has 6 heteroatoms. The number of carboxylic acid groups (broad SMARTS) is 1. The Morgan fingerprint density at radius 1 is 1.35 bits per heavy atom. The monoisotopic (exact) mass is 290 g/mol. The summed E-state index contributed by atoms with van der Waals surface area (Å²) in [5, 5.41) is 13.5. The Kier molecular flexibility index (Phi) is 4.47. The third kappa shape index (κ3) is 3.42. The van der Waals surface area contributed by atoms with Crippen LogP contribution in [-0.2, 0) is 11.2 Å². The number of anilines is 1. The van der Waals surface area contributed by atoms with Crippen molar-refractivity contribution in [3.8, 4) is 0 Å². The number of aryl methyl sites for hydroxylation is 2. The smallest absolute Gasteiger partial charge is 0.348 e. The number of carbonyl (C=O) groups excluding carboxylic acids is 1. The van der Waals surface area contributed by atoms with Crippen LogP contribution >= 0.6 is 11.3 Å². The molecule has 0 aliphatic carbocycles. The standard InChI is InChI=1S/C14H14N2O3S/c1-9-8-20-13(14(18)19)12(9)16-11(17)3-2-10-4-6-15-7-5-10/h4-8H,2-3H2,1H3,(H,16,17)(H,18,19). The lowest BCUT2D eigenvalue weighted by Crippen LogP contribution is -2.14. The molecular formula is C14H14N2O3S. The van der Waals surface area contributed by atoms with Gasteiger partial charge >= 0.3 is 5.97 Å². The first-order valence-corrected chi connectivity index (χ1v) is 6.96. The summed E-state index contributed by atoms with van der Waals surface area (Å²) in [7, 11) is 0. The Labute approximate surface area is 120 Å². The van der Waals surface area contributed by atoms with Crippen molar-refractivity contribution in [1.82, 2.24) is 4.98 Å². The van der Waals surface area contributed by atoms with Gasteiger partial charge < -0.3 is 10.4 Å². The van der Waals surface area contributed by atoms with E-state index < -0.39 is 5.97 Å².